The molecule has 0 spiro atoms. The highest BCUT2D eigenvalue weighted by molar-refractivity contribution is 9.10. The largest absolute Gasteiger partial charge is 0.349 e. The number of nitrogens with zero attached hydrogens (tertiary/aromatic N) is 1. The lowest BCUT2D eigenvalue weighted by Gasteiger charge is -2.09. The lowest BCUT2D eigenvalue weighted by molar-refractivity contribution is -0.128. The molecule has 0 saturated heterocycles. The lowest BCUT2D eigenvalue weighted by atomic mass is 10.3. The SMILES string of the molecule is CN(C)C(=O)CCC[S@@](=O)c1cccc(Br)c1. The Morgan fingerprint density at radius 2 is 2.12 bits per heavy atom. The van der Waals surface area contributed by atoms with Crippen molar-refractivity contribution in [2.24, 2.45) is 0 Å². The highest BCUT2D eigenvalue weighted by Gasteiger charge is 2.07. The monoisotopic (exact) mass is 317 g/mol. The maximum atomic E-state index is 11.9. The second-order valence-corrected chi connectivity index (χ2v) is 6.39. The topological polar surface area (TPSA) is 37.4 Å². The zero-order valence-electron chi connectivity index (χ0n) is 9.98. The Morgan fingerprint density at radius 3 is 2.71 bits per heavy atom. The van der Waals surface area contributed by atoms with E-state index < -0.39 is 10.8 Å². The molecule has 0 N–H and O–H groups in total. The van der Waals surface area contributed by atoms with Crippen LogP contribution in [0, 0.1) is 0 Å². The van der Waals surface area contributed by atoms with Gasteiger partial charge in [0.25, 0.3) is 0 Å². The number of rotatable bonds is 5. The minimum absolute atomic E-state index is 0.0799. The second kappa shape index (κ2) is 6.91. The number of carbonyl (C=O) groups is 1. The molecule has 3 nitrogen and oxygen atoms in total. The predicted molar refractivity (Wildman–Crippen MR) is 73.3 cm³/mol. The fourth-order valence-electron chi connectivity index (χ4n) is 1.30. The van der Waals surface area contributed by atoms with Gasteiger partial charge in [-0.3, -0.25) is 9.00 Å². The van der Waals surface area contributed by atoms with Crippen LogP contribution in [0.15, 0.2) is 33.6 Å². The average molecular weight is 318 g/mol. The third-order valence-electron chi connectivity index (χ3n) is 2.28. The van der Waals surface area contributed by atoms with Gasteiger partial charge in [0.15, 0.2) is 0 Å². The van der Waals surface area contributed by atoms with Crippen molar-refractivity contribution in [2.45, 2.75) is 17.7 Å². The summed E-state index contributed by atoms with van der Waals surface area (Å²) in [4.78, 5) is 13.7. The Morgan fingerprint density at radius 1 is 1.41 bits per heavy atom. The van der Waals surface area contributed by atoms with Crippen LogP contribution in [0.4, 0.5) is 0 Å². The summed E-state index contributed by atoms with van der Waals surface area (Å²) in [7, 11) is 2.44. The van der Waals surface area contributed by atoms with Crippen LogP contribution < -0.4 is 0 Å². The van der Waals surface area contributed by atoms with Crippen LogP contribution in [0.25, 0.3) is 0 Å². The summed E-state index contributed by atoms with van der Waals surface area (Å²) in [6.45, 7) is 0. The average Bonchev–Trinajstić information content (AvgIpc) is 2.28. The van der Waals surface area contributed by atoms with Gasteiger partial charge in [0, 0.05) is 35.6 Å². The first-order valence-electron chi connectivity index (χ1n) is 5.35. The fourth-order valence-corrected chi connectivity index (χ4v) is 2.99. The molecule has 1 aromatic carbocycles. The van der Waals surface area contributed by atoms with E-state index in [1.54, 1.807) is 19.0 Å². The first kappa shape index (κ1) is 14.4. The summed E-state index contributed by atoms with van der Waals surface area (Å²) in [5.41, 5.74) is 0. The van der Waals surface area contributed by atoms with Gasteiger partial charge in [-0.05, 0) is 24.6 Å². The van der Waals surface area contributed by atoms with Crippen LogP contribution in [0.3, 0.4) is 0 Å². The Hall–Kier alpha value is -0.680. The van der Waals surface area contributed by atoms with Gasteiger partial charge in [0.05, 0.1) is 10.8 Å². The van der Waals surface area contributed by atoms with Gasteiger partial charge < -0.3 is 4.90 Å². The number of halogens is 1. The summed E-state index contributed by atoms with van der Waals surface area (Å²) in [5, 5.41) is 0. The van der Waals surface area contributed by atoms with Crippen LogP contribution in [0.2, 0.25) is 0 Å². The molecule has 0 aliphatic heterocycles. The van der Waals surface area contributed by atoms with Crippen molar-refractivity contribution in [3.8, 4) is 0 Å². The van der Waals surface area contributed by atoms with Crippen molar-refractivity contribution < 1.29 is 9.00 Å². The minimum atomic E-state index is -1.02. The van der Waals surface area contributed by atoms with Crippen molar-refractivity contribution in [1.82, 2.24) is 4.90 Å². The molecule has 17 heavy (non-hydrogen) atoms. The highest BCUT2D eigenvalue weighted by atomic mass is 79.9. The van der Waals surface area contributed by atoms with Crippen molar-refractivity contribution in [2.75, 3.05) is 19.8 Å². The van der Waals surface area contributed by atoms with E-state index in [1.165, 1.54) is 0 Å². The molecule has 0 fully saturated rings. The first-order valence-corrected chi connectivity index (χ1v) is 7.46. The molecule has 0 unspecified atom stereocenters. The molecule has 94 valence electrons. The maximum absolute atomic E-state index is 11.9. The normalized spacial score (nSPS) is 12.2. The molecule has 0 bridgehead atoms. The Balaban J connectivity index is 2.43. The van der Waals surface area contributed by atoms with Crippen LogP contribution in [-0.4, -0.2) is 34.9 Å². The second-order valence-electron chi connectivity index (χ2n) is 3.90. The molecule has 0 aliphatic rings. The van der Waals surface area contributed by atoms with E-state index in [0.29, 0.717) is 18.6 Å². The molecular formula is C12H16BrNO2S. The third-order valence-corrected chi connectivity index (χ3v) is 4.21. The Kier molecular flexibility index (Phi) is 5.85. The number of hydrogen-bond acceptors (Lipinski definition) is 2. The smallest absolute Gasteiger partial charge is 0.222 e. The molecule has 0 aromatic heterocycles. The lowest BCUT2D eigenvalue weighted by Crippen LogP contribution is -2.21. The number of amides is 1. The summed E-state index contributed by atoms with van der Waals surface area (Å²) >= 11 is 3.35. The molecule has 1 rings (SSSR count). The van der Waals surface area contributed by atoms with Gasteiger partial charge in [-0.1, -0.05) is 22.0 Å². The predicted octanol–water partition coefficient (Wildman–Crippen LogP) is 2.43. The maximum Gasteiger partial charge on any atom is 0.222 e. The zero-order valence-corrected chi connectivity index (χ0v) is 12.4. The summed E-state index contributed by atoms with van der Waals surface area (Å²) in [5.74, 6) is 0.604. The Bertz CT molecular complexity index is 421. The molecule has 0 radical (unpaired) electrons. The van der Waals surface area contributed by atoms with Crippen LogP contribution >= 0.6 is 15.9 Å². The van der Waals surface area contributed by atoms with Gasteiger partial charge in [-0.25, -0.2) is 0 Å². The van der Waals surface area contributed by atoms with E-state index >= 15 is 0 Å². The van der Waals surface area contributed by atoms with Gasteiger partial charge in [0.1, 0.15) is 0 Å². The van der Waals surface area contributed by atoms with E-state index in [0.717, 1.165) is 9.37 Å². The molecule has 1 atom stereocenters. The standard InChI is InChI=1S/C12H16BrNO2S/c1-14(2)12(15)7-4-8-17(16)11-6-3-5-10(13)9-11/h3,5-6,9H,4,7-8H2,1-2H3/t17-/m1/s1. The number of hydrogen-bond donors (Lipinski definition) is 0. The summed E-state index contributed by atoms with van der Waals surface area (Å²) in [6, 6.07) is 7.46. The summed E-state index contributed by atoms with van der Waals surface area (Å²) < 4.78 is 12.8. The van der Waals surface area contributed by atoms with E-state index in [4.69, 9.17) is 0 Å². The van der Waals surface area contributed by atoms with Crippen LogP contribution in [0.5, 0.6) is 0 Å². The van der Waals surface area contributed by atoms with Gasteiger partial charge in [0.2, 0.25) is 5.91 Å². The van der Waals surface area contributed by atoms with E-state index in [2.05, 4.69) is 15.9 Å². The van der Waals surface area contributed by atoms with Crippen molar-refractivity contribution in [1.29, 1.82) is 0 Å². The van der Waals surface area contributed by atoms with Crippen molar-refractivity contribution in [3.05, 3.63) is 28.7 Å². The molecule has 5 heteroatoms. The molecule has 1 aromatic rings. The van der Waals surface area contributed by atoms with E-state index in [9.17, 15) is 9.00 Å². The van der Waals surface area contributed by atoms with Gasteiger partial charge in [-0.2, -0.15) is 0 Å². The molecular weight excluding hydrogens is 302 g/mol. The van der Waals surface area contributed by atoms with Crippen molar-refractivity contribution in [3.63, 3.8) is 0 Å². The number of carbonyl (C=O) groups excluding carboxylic acids is 1. The molecule has 1 amide bonds. The highest BCUT2D eigenvalue weighted by Crippen LogP contribution is 2.15. The molecule has 0 heterocycles. The van der Waals surface area contributed by atoms with Gasteiger partial charge >= 0.3 is 0 Å². The van der Waals surface area contributed by atoms with Gasteiger partial charge in [-0.15, -0.1) is 0 Å². The third kappa shape index (κ3) is 5.00. The Labute approximate surface area is 113 Å². The van der Waals surface area contributed by atoms with Crippen LogP contribution in [-0.2, 0) is 15.6 Å². The molecule has 0 aliphatic carbocycles. The minimum Gasteiger partial charge on any atom is -0.349 e. The van der Waals surface area contributed by atoms with Crippen molar-refractivity contribution >= 4 is 32.6 Å². The summed E-state index contributed by atoms with van der Waals surface area (Å²) in [6.07, 6.45) is 1.10. The number of benzene rings is 1. The van der Waals surface area contributed by atoms with E-state index in [-0.39, 0.29) is 5.91 Å². The first-order chi connectivity index (χ1) is 8.00. The zero-order chi connectivity index (χ0) is 12.8. The molecule has 0 saturated carbocycles. The van der Waals surface area contributed by atoms with Crippen LogP contribution in [0.1, 0.15) is 12.8 Å². The van der Waals surface area contributed by atoms with E-state index in [1.807, 2.05) is 24.3 Å². The fraction of sp³-hybridized carbons (Fsp3) is 0.417. The quantitative estimate of drug-likeness (QED) is 0.836.